The zero-order valence-electron chi connectivity index (χ0n) is 10.8. The minimum absolute atomic E-state index is 0.0720. The summed E-state index contributed by atoms with van der Waals surface area (Å²) in [5.41, 5.74) is 1.03. The molecule has 0 radical (unpaired) electrons. The molecule has 1 aliphatic rings. The van der Waals surface area contributed by atoms with Crippen molar-refractivity contribution in [2.75, 3.05) is 19.8 Å². The molecule has 2 unspecified atom stereocenters. The number of hydrogen-bond acceptors (Lipinski definition) is 3. The summed E-state index contributed by atoms with van der Waals surface area (Å²) >= 11 is 6.40. The van der Waals surface area contributed by atoms with E-state index in [4.69, 9.17) is 25.8 Å². The molecule has 18 heavy (non-hydrogen) atoms. The molecule has 0 amide bonds. The van der Waals surface area contributed by atoms with E-state index in [0.29, 0.717) is 19.8 Å². The van der Waals surface area contributed by atoms with Gasteiger partial charge in [-0.05, 0) is 31.5 Å². The SMILES string of the molecule is CC(C)Oc1ccc(C(Cl)C2COCCO2)cc1. The van der Waals surface area contributed by atoms with Gasteiger partial charge < -0.3 is 14.2 Å². The van der Waals surface area contributed by atoms with Crippen LogP contribution in [0.15, 0.2) is 24.3 Å². The Morgan fingerprint density at radius 1 is 1.22 bits per heavy atom. The monoisotopic (exact) mass is 270 g/mol. The van der Waals surface area contributed by atoms with Crippen LogP contribution in [-0.4, -0.2) is 32.0 Å². The smallest absolute Gasteiger partial charge is 0.119 e. The van der Waals surface area contributed by atoms with E-state index in [1.165, 1.54) is 0 Å². The lowest BCUT2D eigenvalue weighted by atomic mass is 10.1. The lowest BCUT2D eigenvalue weighted by molar-refractivity contribution is -0.0892. The predicted octanol–water partition coefficient (Wildman–Crippen LogP) is 3.17. The van der Waals surface area contributed by atoms with Gasteiger partial charge in [-0.15, -0.1) is 11.6 Å². The van der Waals surface area contributed by atoms with E-state index in [1.54, 1.807) is 0 Å². The van der Waals surface area contributed by atoms with Crippen LogP contribution in [0.5, 0.6) is 5.75 Å². The molecule has 1 saturated heterocycles. The second-order valence-corrected chi connectivity index (χ2v) is 5.09. The van der Waals surface area contributed by atoms with Gasteiger partial charge in [0.15, 0.2) is 0 Å². The number of ether oxygens (including phenoxy) is 3. The minimum atomic E-state index is -0.182. The van der Waals surface area contributed by atoms with E-state index in [9.17, 15) is 0 Å². The van der Waals surface area contributed by atoms with Gasteiger partial charge in [0, 0.05) is 0 Å². The summed E-state index contributed by atoms with van der Waals surface area (Å²) in [6.07, 6.45) is 0.106. The fraction of sp³-hybridized carbons (Fsp3) is 0.571. The molecule has 0 aliphatic carbocycles. The zero-order chi connectivity index (χ0) is 13.0. The standard InChI is InChI=1S/C14H19ClO3/c1-10(2)18-12-5-3-11(4-6-12)14(15)13-9-16-7-8-17-13/h3-6,10,13-14H,7-9H2,1-2H3. The summed E-state index contributed by atoms with van der Waals surface area (Å²) in [6, 6.07) is 7.84. The third-order valence-electron chi connectivity index (χ3n) is 2.74. The second kappa shape index (κ2) is 6.41. The van der Waals surface area contributed by atoms with Crippen LogP contribution in [0.2, 0.25) is 0 Å². The first-order chi connectivity index (χ1) is 8.66. The van der Waals surface area contributed by atoms with E-state index in [1.807, 2.05) is 38.1 Å². The van der Waals surface area contributed by atoms with Crippen LogP contribution in [0.1, 0.15) is 24.8 Å². The first-order valence-electron chi connectivity index (χ1n) is 6.27. The van der Waals surface area contributed by atoms with E-state index in [0.717, 1.165) is 11.3 Å². The van der Waals surface area contributed by atoms with Crippen molar-refractivity contribution < 1.29 is 14.2 Å². The van der Waals surface area contributed by atoms with Crippen LogP contribution in [0, 0.1) is 0 Å². The highest BCUT2D eigenvalue weighted by atomic mass is 35.5. The number of alkyl halides is 1. The average Bonchev–Trinajstić information content (AvgIpc) is 2.39. The van der Waals surface area contributed by atoms with Gasteiger partial charge in [0.1, 0.15) is 11.9 Å². The molecule has 0 saturated carbocycles. The Hall–Kier alpha value is -0.770. The minimum Gasteiger partial charge on any atom is -0.491 e. The molecule has 1 heterocycles. The van der Waals surface area contributed by atoms with Crippen molar-refractivity contribution in [3.05, 3.63) is 29.8 Å². The first-order valence-corrected chi connectivity index (χ1v) is 6.70. The molecule has 1 aromatic carbocycles. The molecule has 1 aliphatic heterocycles. The molecule has 0 bridgehead atoms. The van der Waals surface area contributed by atoms with Gasteiger partial charge in [-0.1, -0.05) is 12.1 Å². The third kappa shape index (κ3) is 3.61. The van der Waals surface area contributed by atoms with Crippen LogP contribution < -0.4 is 4.74 Å². The zero-order valence-corrected chi connectivity index (χ0v) is 11.5. The second-order valence-electron chi connectivity index (χ2n) is 4.62. The highest BCUT2D eigenvalue weighted by Crippen LogP contribution is 2.29. The van der Waals surface area contributed by atoms with Gasteiger partial charge in [-0.25, -0.2) is 0 Å². The van der Waals surface area contributed by atoms with Crippen LogP contribution in [0.25, 0.3) is 0 Å². The Bertz CT molecular complexity index is 358. The summed E-state index contributed by atoms with van der Waals surface area (Å²) in [6.45, 7) is 5.83. The normalized spacial score (nSPS) is 21.9. The van der Waals surface area contributed by atoms with Gasteiger partial charge in [-0.3, -0.25) is 0 Å². The largest absolute Gasteiger partial charge is 0.491 e. The van der Waals surface area contributed by atoms with Crippen LogP contribution in [0.4, 0.5) is 0 Å². The van der Waals surface area contributed by atoms with E-state index < -0.39 is 0 Å². The van der Waals surface area contributed by atoms with Gasteiger partial charge in [-0.2, -0.15) is 0 Å². The van der Waals surface area contributed by atoms with E-state index in [-0.39, 0.29) is 17.6 Å². The molecule has 0 spiro atoms. The lowest BCUT2D eigenvalue weighted by Crippen LogP contribution is -2.31. The van der Waals surface area contributed by atoms with Crippen molar-refractivity contribution in [3.8, 4) is 5.75 Å². The van der Waals surface area contributed by atoms with Crippen LogP contribution in [-0.2, 0) is 9.47 Å². The van der Waals surface area contributed by atoms with Crippen molar-refractivity contribution in [1.29, 1.82) is 0 Å². The summed E-state index contributed by atoms with van der Waals surface area (Å²) in [5.74, 6) is 0.860. The molecular weight excluding hydrogens is 252 g/mol. The maximum Gasteiger partial charge on any atom is 0.119 e. The maximum atomic E-state index is 6.40. The maximum absolute atomic E-state index is 6.40. The molecule has 1 fully saturated rings. The topological polar surface area (TPSA) is 27.7 Å². The summed E-state index contributed by atoms with van der Waals surface area (Å²) in [4.78, 5) is 0. The van der Waals surface area contributed by atoms with Gasteiger partial charge >= 0.3 is 0 Å². The van der Waals surface area contributed by atoms with Gasteiger partial charge in [0.2, 0.25) is 0 Å². The quantitative estimate of drug-likeness (QED) is 0.787. The Kier molecular flexibility index (Phi) is 4.87. The fourth-order valence-electron chi connectivity index (χ4n) is 1.89. The first kappa shape index (κ1) is 13.7. The van der Waals surface area contributed by atoms with Crippen molar-refractivity contribution in [1.82, 2.24) is 0 Å². The molecule has 0 aromatic heterocycles. The highest BCUT2D eigenvalue weighted by molar-refractivity contribution is 6.21. The fourth-order valence-corrected chi connectivity index (χ4v) is 2.18. The summed E-state index contributed by atoms with van der Waals surface area (Å²) in [7, 11) is 0. The van der Waals surface area contributed by atoms with Crippen molar-refractivity contribution >= 4 is 11.6 Å². The highest BCUT2D eigenvalue weighted by Gasteiger charge is 2.24. The summed E-state index contributed by atoms with van der Waals surface area (Å²) < 4.78 is 16.6. The van der Waals surface area contributed by atoms with Crippen LogP contribution in [0.3, 0.4) is 0 Å². The predicted molar refractivity (Wildman–Crippen MR) is 71.4 cm³/mol. The van der Waals surface area contributed by atoms with Crippen molar-refractivity contribution in [2.45, 2.75) is 31.4 Å². The molecule has 2 atom stereocenters. The number of benzene rings is 1. The summed E-state index contributed by atoms with van der Waals surface area (Å²) in [5, 5.41) is -0.182. The Balaban J connectivity index is 1.99. The molecule has 0 N–H and O–H groups in total. The molecular formula is C14H19ClO3. The number of halogens is 1. The molecule has 1 aromatic rings. The number of rotatable bonds is 4. The van der Waals surface area contributed by atoms with Crippen molar-refractivity contribution in [3.63, 3.8) is 0 Å². The molecule has 2 rings (SSSR count). The molecule has 100 valence electrons. The Morgan fingerprint density at radius 3 is 2.50 bits per heavy atom. The number of hydrogen-bond donors (Lipinski definition) is 0. The average molecular weight is 271 g/mol. The Morgan fingerprint density at radius 2 is 1.94 bits per heavy atom. The Labute approximate surface area is 113 Å². The van der Waals surface area contributed by atoms with Gasteiger partial charge in [0.25, 0.3) is 0 Å². The van der Waals surface area contributed by atoms with E-state index >= 15 is 0 Å². The van der Waals surface area contributed by atoms with E-state index in [2.05, 4.69) is 0 Å². The van der Waals surface area contributed by atoms with Crippen molar-refractivity contribution in [2.24, 2.45) is 0 Å². The van der Waals surface area contributed by atoms with Gasteiger partial charge in [0.05, 0.1) is 31.3 Å². The third-order valence-corrected chi connectivity index (χ3v) is 3.27. The molecule has 3 nitrogen and oxygen atoms in total. The molecule has 4 heteroatoms. The lowest BCUT2D eigenvalue weighted by Gasteiger charge is -2.27. The van der Waals surface area contributed by atoms with Crippen LogP contribution >= 0.6 is 11.6 Å².